The molecule has 2 aromatic rings. The van der Waals surface area contributed by atoms with E-state index in [0.717, 1.165) is 33.4 Å². The average Bonchev–Trinajstić information content (AvgIpc) is 2.79. The lowest BCUT2D eigenvalue weighted by molar-refractivity contribution is -0.119. The maximum atomic E-state index is 12.5. The molecule has 2 unspecified atom stereocenters. The highest BCUT2D eigenvalue weighted by Gasteiger charge is 2.13. The molecule has 2 atom stereocenters. The number of aliphatic hydroxyl groups excluding tert-OH is 4. The van der Waals surface area contributed by atoms with Gasteiger partial charge in [-0.3, -0.25) is 4.79 Å². The Kier molecular flexibility index (Phi) is 11.0. The largest absolute Gasteiger partial charge is 0.490 e. The van der Waals surface area contributed by atoms with E-state index in [1.807, 2.05) is 52.0 Å². The predicted octanol–water partition coefficient (Wildman–Crippen LogP) is 2.52. The average molecular weight is 475 g/mol. The molecule has 7 heteroatoms. The number of carbonyl (C=O) groups excluding carboxylic acids is 1. The minimum absolute atomic E-state index is 0.0344. The summed E-state index contributed by atoms with van der Waals surface area (Å²) in [6, 6.07) is 8.00. The lowest BCUT2D eigenvalue weighted by Crippen LogP contribution is -2.21. The molecular weight excluding hydrogens is 436 g/mol. The van der Waals surface area contributed by atoms with Crippen molar-refractivity contribution in [1.29, 1.82) is 0 Å². The van der Waals surface area contributed by atoms with E-state index in [-0.39, 0.29) is 32.2 Å². The van der Waals surface area contributed by atoms with Crippen molar-refractivity contribution in [2.75, 3.05) is 26.4 Å². The van der Waals surface area contributed by atoms with Crippen molar-refractivity contribution < 1.29 is 34.7 Å². The van der Waals surface area contributed by atoms with Gasteiger partial charge in [0, 0.05) is 12.8 Å². The summed E-state index contributed by atoms with van der Waals surface area (Å²) in [4.78, 5) is 12.5. The van der Waals surface area contributed by atoms with Crippen molar-refractivity contribution in [2.24, 2.45) is 0 Å². The van der Waals surface area contributed by atoms with Crippen molar-refractivity contribution >= 4 is 5.78 Å². The second-order valence-electron chi connectivity index (χ2n) is 8.95. The standard InChI is InChI=1S/C27H38O7/c1-17-9-21(10-18(2)26(17)33-15-24(31)13-28)5-7-23(30)8-6-22-11-19(3)27(20(4)12-22)34-16-25(32)14-29/h9-12,24-25,28-29,31-32H,5-8,13-16H2,1-4H3. The fraction of sp³-hybridized carbons (Fsp3) is 0.519. The lowest BCUT2D eigenvalue weighted by Gasteiger charge is -2.16. The highest BCUT2D eigenvalue weighted by atomic mass is 16.5. The fourth-order valence-electron chi connectivity index (χ4n) is 3.98. The second-order valence-corrected chi connectivity index (χ2v) is 8.95. The van der Waals surface area contributed by atoms with E-state index in [2.05, 4.69) is 0 Å². The van der Waals surface area contributed by atoms with Gasteiger partial charge in [-0.05, 0) is 73.9 Å². The Bertz CT molecular complexity index is 832. The third-order valence-electron chi connectivity index (χ3n) is 5.69. The fourth-order valence-corrected chi connectivity index (χ4v) is 3.98. The number of hydrogen-bond donors (Lipinski definition) is 4. The molecule has 0 aliphatic heterocycles. The Morgan fingerprint density at radius 2 is 1.03 bits per heavy atom. The van der Waals surface area contributed by atoms with Crippen LogP contribution in [0.2, 0.25) is 0 Å². The van der Waals surface area contributed by atoms with Crippen LogP contribution in [-0.2, 0) is 17.6 Å². The van der Waals surface area contributed by atoms with Crippen LogP contribution in [0.15, 0.2) is 24.3 Å². The smallest absolute Gasteiger partial charge is 0.133 e. The van der Waals surface area contributed by atoms with E-state index in [9.17, 15) is 15.0 Å². The number of aryl methyl sites for hydroxylation is 6. The highest BCUT2D eigenvalue weighted by Crippen LogP contribution is 2.27. The SMILES string of the molecule is Cc1cc(CCC(=O)CCc2cc(C)c(OCC(O)CO)c(C)c2)cc(C)c1OCC(O)CO. The van der Waals surface area contributed by atoms with E-state index in [4.69, 9.17) is 19.7 Å². The van der Waals surface area contributed by atoms with E-state index >= 15 is 0 Å². The number of hydrogen-bond acceptors (Lipinski definition) is 7. The predicted molar refractivity (Wildman–Crippen MR) is 131 cm³/mol. The molecule has 0 aliphatic carbocycles. The first-order valence-corrected chi connectivity index (χ1v) is 11.7. The monoisotopic (exact) mass is 474 g/mol. The topological polar surface area (TPSA) is 116 Å². The molecule has 188 valence electrons. The van der Waals surface area contributed by atoms with Gasteiger partial charge in [0.15, 0.2) is 0 Å². The van der Waals surface area contributed by atoms with Gasteiger partial charge in [0.2, 0.25) is 0 Å². The van der Waals surface area contributed by atoms with Crippen LogP contribution >= 0.6 is 0 Å². The van der Waals surface area contributed by atoms with Gasteiger partial charge < -0.3 is 29.9 Å². The van der Waals surface area contributed by atoms with Crippen LogP contribution in [0.25, 0.3) is 0 Å². The summed E-state index contributed by atoms with van der Waals surface area (Å²) in [5.41, 5.74) is 5.88. The van der Waals surface area contributed by atoms with Gasteiger partial charge in [-0.1, -0.05) is 24.3 Å². The van der Waals surface area contributed by atoms with Gasteiger partial charge in [0.05, 0.1) is 13.2 Å². The molecule has 0 heterocycles. The molecule has 0 fully saturated rings. The maximum absolute atomic E-state index is 12.5. The maximum Gasteiger partial charge on any atom is 0.133 e. The molecule has 34 heavy (non-hydrogen) atoms. The number of carbonyl (C=O) groups is 1. The van der Waals surface area contributed by atoms with Crippen molar-refractivity contribution in [3.05, 3.63) is 57.6 Å². The number of aliphatic hydroxyl groups is 4. The molecule has 2 aromatic carbocycles. The van der Waals surface area contributed by atoms with Crippen molar-refractivity contribution in [3.8, 4) is 11.5 Å². The van der Waals surface area contributed by atoms with Crippen molar-refractivity contribution in [3.63, 3.8) is 0 Å². The Morgan fingerprint density at radius 3 is 1.32 bits per heavy atom. The minimum Gasteiger partial charge on any atom is -0.490 e. The van der Waals surface area contributed by atoms with Crippen LogP contribution < -0.4 is 9.47 Å². The third kappa shape index (κ3) is 8.40. The Balaban J connectivity index is 1.89. The van der Waals surface area contributed by atoms with E-state index < -0.39 is 12.2 Å². The Hall–Kier alpha value is -2.45. The van der Waals surface area contributed by atoms with Gasteiger partial charge >= 0.3 is 0 Å². The molecule has 0 amide bonds. The van der Waals surface area contributed by atoms with Crippen LogP contribution in [0, 0.1) is 27.7 Å². The van der Waals surface area contributed by atoms with Crippen molar-refractivity contribution in [2.45, 2.75) is 65.6 Å². The molecule has 0 saturated heterocycles. The molecule has 0 aliphatic rings. The van der Waals surface area contributed by atoms with Gasteiger partial charge in [0.1, 0.15) is 42.7 Å². The van der Waals surface area contributed by atoms with Crippen LogP contribution in [0.3, 0.4) is 0 Å². The summed E-state index contributed by atoms with van der Waals surface area (Å²) in [5.74, 6) is 1.60. The van der Waals surface area contributed by atoms with E-state index in [0.29, 0.717) is 37.2 Å². The highest BCUT2D eigenvalue weighted by molar-refractivity contribution is 5.79. The molecule has 0 saturated carbocycles. The normalized spacial score (nSPS) is 12.9. The van der Waals surface area contributed by atoms with Gasteiger partial charge in [-0.15, -0.1) is 0 Å². The molecule has 4 N–H and O–H groups in total. The Labute approximate surface area is 202 Å². The quantitative estimate of drug-likeness (QED) is 0.332. The van der Waals surface area contributed by atoms with Crippen LogP contribution in [0.4, 0.5) is 0 Å². The summed E-state index contributed by atoms with van der Waals surface area (Å²) in [6.07, 6.45) is 0.398. The first-order valence-electron chi connectivity index (χ1n) is 11.7. The van der Waals surface area contributed by atoms with Gasteiger partial charge in [-0.2, -0.15) is 0 Å². The third-order valence-corrected chi connectivity index (χ3v) is 5.69. The molecule has 0 bridgehead atoms. The number of benzene rings is 2. The summed E-state index contributed by atoms with van der Waals surface area (Å²) < 4.78 is 11.3. The second kappa shape index (κ2) is 13.4. The number of Topliss-reactive ketones (excluding diaryl/α,β-unsaturated/α-hetero) is 1. The number of ketones is 1. The number of rotatable bonds is 14. The zero-order chi connectivity index (χ0) is 25.3. The molecule has 0 spiro atoms. The zero-order valence-electron chi connectivity index (χ0n) is 20.6. The van der Waals surface area contributed by atoms with E-state index in [1.165, 1.54) is 0 Å². The first kappa shape index (κ1) is 27.8. The Morgan fingerprint density at radius 1 is 0.706 bits per heavy atom. The molecule has 0 radical (unpaired) electrons. The van der Waals surface area contributed by atoms with Gasteiger partial charge in [0.25, 0.3) is 0 Å². The summed E-state index contributed by atoms with van der Waals surface area (Å²) >= 11 is 0. The van der Waals surface area contributed by atoms with Crippen LogP contribution in [0.5, 0.6) is 11.5 Å². The number of ether oxygens (including phenoxy) is 2. The summed E-state index contributed by atoms with van der Waals surface area (Å²) in [5, 5.41) is 36.9. The van der Waals surface area contributed by atoms with Gasteiger partial charge in [-0.25, -0.2) is 0 Å². The van der Waals surface area contributed by atoms with Crippen LogP contribution in [0.1, 0.15) is 46.2 Å². The zero-order valence-corrected chi connectivity index (χ0v) is 20.6. The lowest BCUT2D eigenvalue weighted by atomic mass is 9.98. The molecule has 0 aromatic heterocycles. The van der Waals surface area contributed by atoms with E-state index in [1.54, 1.807) is 0 Å². The minimum atomic E-state index is -0.911. The summed E-state index contributed by atoms with van der Waals surface area (Å²) in [6.45, 7) is 7.11. The molecule has 7 nitrogen and oxygen atoms in total. The summed E-state index contributed by atoms with van der Waals surface area (Å²) in [7, 11) is 0. The van der Waals surface area contributed by atoms with Crippen molar-refractivity contribution in [1.82, 2.24) is 0 Å². The van der Waals surface area contributed by atoms with Crippen LogP contribution in [-0.4, -0.2) is 64.8 Å². The molecule has 2 rings (SSSR count). The molecular formula is C27H38O7. The first-order chi connectivity index (χ1) is 16.1.